The van der Waals surface area contributed by atoms with Crippen molar-refractivity contribution in [2.24, 2.45) is 0 Å². The third kappa shape index (κ3) is 2.70. The molecule has 0 atom stereocenters. The monoisotopic (exact) mass is 225 g/mol. The normalized spacial score (nSPS) is 14.5. The number of hydrogen-bond donors (Lipinski definition) is 0. The summed E-state index contributed by atoms with van der Waals surface area (Å²) in [7, 11) is 0. The molecule has 1 aromatic rings. The van der Waals surface area contributed by atoms with E-state index < -0.39 is 0 Å². The molecule has 0 amide bonds. The van der Waals surface area contributed by atoms with E-state index in [1.165, 1.54) is 4.80 Å². The van der Waals surface area contributed by atoms with Crippen molar-refractivity contribution in [3.63, 3.8) is 0 Å². The summed E-state index contributed by atoms with van der Waals surface area (Å²) in [6.07, 6.45) is 10.4. The SMILES string of the molecule is C#CCn1nnc(N2CC=CCC2)n1.Cl. The summed E-state index contributed by atoms with van der Waals surface area (Å²) in [6, 6.07) is 0. The standard InChI is InChI=1S/C9H11N5.ClH/c1-2-6-14-11-9(10-12-14)13-7-4-3-5-8-13;/h1,3-4H,5-8H2;1H. The average molecular weight is 226 g/mol. The molecular formula is C9H12ClN5. The van der Waals surface area contributed by atoms with Crippen LogP contribution in [0.25, 0.3) is 0 Å². The molecule has 0 unspecified atom stereocenters. The van der Waals surface area contributed by atoms with Crippen LogP contribution in [-0.2, 0) is 6.54 Å². The highest BCUT2D eigenvalue weighted by Gasteiger charge is 2.12. The Morgan fingerprint density at radius 3 is 3.00 bits per heavy atom. The highest BCUT2D eigenvalue weighted by atomic mass is 35.5. The maximum Gasteiger partial charge on any atom is 0.266 e. The van der Waals surface area contributed by atoms with E-state index in [-0.39, 0.29) is 12.4 Å². The Morgan fingerprint density at radius 2 is 2.33 bits per heavy atom. The lowest BCUT2D eigenvalue weighted by molar-refractivity contribution is 0.591. The van der Waals surface area contributed by atoms with Crippen LogP contribution >= 0.6 is 12.4 Å². The maximum atomic E-state index is 5.14. The topological polar surface area (TPSA) is 46.8 Å². The van der Waals surface area contributed by atoms with Gasteiger partial charge in [0.05, 0.1) is 0 Å². The number of tetrazole rings is 1. The van der Waals surface area contributed by atoms with Gasteiger partial charge in [-0.25, -0.2) is 0 Å². The van der Waals surface area contributed by atoms with E-state index in [0.717, 1.165) is 19.5 Å². The predicted molar refractivity (Wildman–Crippen MR) is 59.9 cm³/mol. The van der Waals surface area contributed by atoms with Crippen LogP contribution in [0.4, 0.5) is 5.95 Å². The molecular weight excluding hydrogens is 214 g/mol. The Hall–Kier alpha value is -1.54. The Bertz CT molecular complexity index is 378. The van der Waals surface area contributed by atoms with Crippen molar-refractivity contribution in [1.82, 2.24) is 20.2 Å². The van der Waals surface area contributed by atoms with Crippen LogP contribution in [0.2, 0.25) is 0 Å². The number of nitrogens with zero attached hydrogens (tertiary/aromatic N) is 5. The van der Waals surface area contributed by atoms with Crippen molar-refractivity contribution in [1.29, 1.82) is 0 Å². The number of rotatable bonds is 2. The van der Waals surface area contributed by atoms with E-state index in [0.29, 0.717) is 12.5 Å². The lowest BCUT2D eigenvalue weighted by Gasteiger charge is -2.20. The van der Waals surface area contributed by atoms with Gasteiger partial charge in [-0.1, -0.05) is 23.2 Å². The Morgan fingerprint density at radius 1 is 1.47 bits per heavy atom. The quantitative estimate of drug-likeness (QED) is 0.543. The van der Waals surface area contributed by atoms with Crippen LogP contribution in [-0.4, -0.2) is 33.3 Å². The van der Waals surface area contributed by atoms with Gasteiger partial charge in [-0.3, -0.25) is 0 Å². The predicted octanol–water partition coefficient (Wildman–Crippen LogP) is 0.494. The molecule has 0 spiro atoms. The smallest absolute Gasteiger partial charge is 0.266 e. The number of halogens is 1. The van der Waals surface area contributed by atoms with E-state index in [1.54, 1.807) is 0 Å². The molecule has 0 saturated heterocycles. The molecule has 0 aliphatic carbocycles. The lowest BCUT2D eigenvalue weighted by atomic mass is 10.3. The number of terminal acetylenes is 1. The second kappa shape index (κ2) is 5.37. The molecule has 0 N–H and O–H groups in total. The highest BCUT2D eigenvalue weighted by molar-refractivity contribution is 5.85. The van der Waals surface area contributed by atoms with Crippen molar-refractivity contribution in [3.8, 4) is 12.3 Å². The van der Waals surface area contributed by atoms with Gasteiger partial charge in [0.25, 0.3) is 5.95 Å². The molecule has 15 heavy (non-hydrogen) atoms. The third-order valence-corrected chi connectivity index (χ3v) is 2.02. The first-order valence-corrected chi connectivity index (χ1v) is 4.51. The van der Waals surface area contributed by atoms with E-state index >= 15 is 0 Å². The number of aromatic nitrogens is 4. The molecule has 2 rings (SSSR count). The summed E-state index contributed by atoms with van der Waals surface area (Å²) in [4.78, 5) is 3.49. The zero-order valence-corrected chi connectivity index (χ0v) is 9.02. The third-order valence-electron chi connectivity index (χ3n) is 2.02. The summed E-state index contributed by atoms with van der Waals surface area (Å²) in [6.45, 7) is 2.16. The van der Waals surface area contributed by atoms with Crippen molar-refractivity contribution >= 4 is 18.4 Å². The Kier molecular flexibility index (Phi) is 4.13. The lowest BCUT2D eigenvalue weighted by Crippen LogP contribution is -2.27. The molecule has 0 fully saturated rings. The molecule has 0 bridgehead atoms. The van der Waals surface area contributed by atoms with Crippen molar-refractivity contribution < 1.29 is 0 Å². The first-order valence-electron chi connectivity index (χ1n) is 4.51. The summed E-state index contributed by atoms with van der Waals surface area (Å²) in [5.74, 6) is 3.12. The minimum Gasteiger partial charge on any atom is -0.334 e. The molecule has 2 heterocycles. The maximum absolute atomic E-state index is 5.14. The van der Waals surface area contributed by atoms with E-state index in [9.17, 15) is 0 Å². The van der Waals surface area contributed by atoms with Crippen LogP contribution in [0, 0.1) is 12.3 Å². The van der Waals surface area contributed by atoms with Gasteiger partial charge in [-0.15, -0.1) is 23.9 Å². The number of anilines is 1. The molecule has 0 aromatic carbocycles. The van der Waals surface area contributed by atoms with Gasteiger partial charge >= 0.3 is 0 Å². The van der Waals surface area contributed by atoms with Crippen molar-refractivity contribution in [2.75, 3.05) is 18.0 Å². The largest absolute Gasteiger partial charge is 0.334 e. The fraction of sp³-hybridized carbons (Fsp3) is 0.444. The van der Waals surface area contributed by atoms with E-state index in [2.05, 4.69) is 38.4 Å². The molecule has 1 aliphatic rings. The summed E-state index contributed by atoms with van der Waals surface area (Å²) in [5, 5.41) is 12.0. The first-order chi connectivity index (χ1) is 6.90. The summed E-state index contributed by atoms with van der Waals surface area (Å²) in [5.41, 5.74) is 0. The molecule has 1 aromatic heterocycles. The zero-order valence-electron chi connectivity index (χ0n) is 8.20. The molecule has 0 radical (unpaired) electrons. The van der Waals surface area contributed by atoms with Gasteiger partial charge < -0.3 is 4.90 Å². The van der Waals surface area contributed by atoms with Crippen LogP contribution < -0.4 is 4.90 Å². The van der Waals surface area contributed by atoms with Crippen LogP contribution in [0.3, 0.4) is 0 Å². The van der Waals surface area contributed by atoms with Crippen molar-refractivity contribution in [3.05, 3.63) is 12.2 Å². The summed E-state index contributed by atoms with van der Waals surface area (Å²) < 4.78 is 0. The Balaban J connectivity index is 0.00000112. The summed E-state index contributed by atoms with van der Waals surface area (Å²) >= 11 is 0. The van der Waals surface area contributed by atoms with Crippen LogP contribution in [0.15, 0.2) is 12.2 Å². The number of hydrogen-bond acceptors (Lipinski definition) is 4. The molecule has 80 valence electrons. The van der Waals surface area contributed by atoms with Crippen LogP contribution in [0.1, 0.15) is 6.42 Å². The fourth-order valence-electron chi connectivity index (χ4n) is 1.33. The Labute approximate surface area is 94.6 Å². The molecule has 0 saturated carbocycles. The second-order valence-electron chi connectivity index (χ2n) is 3.03. The minimum atomic E-state index is 0. The van der Waals surface area contributed by atoms with Gasteiger partial charge in [0, 0.05) is 13.1 Å². The second-order valence-corrected chi connectivity index (χ2v) is 3.03. The fourth-order valence-corrected chi connectivity index (χ4v) is 1.33. The van der Waals surface area contributed by atoms with E-state index in [1.807, 2.05) is 0 Å². The van der Waals surface area contributed by atoms with Gasteiger partial charge in [-0.2, -0.15) is 4.80 Å². The first kappa shape index (κ1) is 11.5. The zero-order chi connectivity index (χ0) is 9.80. The molecule has 1 aliphatic heterocycles. The minimum absolute atomic E-state index is 0. The van der Waals surface area contributed by atoms with E-state index in [4.69, 9.17) is 6.42 Å². The van der Waals surface area contributed by atoms with Gasteiger partial charge in [0.2, 0.25) is 0 Å². The molecule has 5 nitrogen and oxygen atoms in total. The van der Waals surface area contributed by atoms with Gasteiger partial charge in [-0.05, 0) is 11.6 Å². The highest BCUT2D eigenvalue weighted by Crippen LogP contribution is 2.08. The van der Waals surface area contributed by atoms with Crippen molar-refractivity contribution in [2.45, 2.75) is 13.0 Å². The molecule has 6 heteroatoms. The van der Waals surface area contributed by atoms with Gasteiger partial charge in [0.1, 0.15) is 6.54 Å². The average Bonchev–Trinajstić information content (AvgIpc) is 2.68. The van der Waals surface area contributed by atoms with Gasteiger partial charge in [0.15, 0.2) is 0 Å². The van der Waals surface area contributed by atoms with Crippen LogP contribution in [0.5, 0.6) is 0 Å².